The number of anilines is 1. The molecular formula is C26H27N3O3. The van der Waals surface area contributed by atoms with Crippen LogP contribution in [0.3, 0.4) is 0 Å². The molecule has 0 bridgehead atoms. The summed E-state index contributed by atoms with van der Waals surface area (Å²) in [5.74, 6) is -1.51. The van der Waals surface area contributed by atoms with Gasteiger partial charge in [0, 0.05) is 13.1 Å². The van der Waals surface area contributed by atoms with E-state index in [0.717, 1.165) is 11.1 Å². The highest BCUT2D eigenvalue weighted by atomic mass is 16.2. The van der Waals surface area contributed by atoms with Gasteiger partial charge in [-0.2, -0.15) is 0 Å². The van der Waals surface area contributed by atoms with Crippen molar-refractivity contribution in [1.82, 2.24) is 10.6 Å². The molecule has 0 saturated carbocycles. The maximum Gasteiger partial charge on any atom is 0.313 e. The van der Waals surface area contributed by atoms with Crippen molar-refractivity contribution >= 4 is 23.4 Å². The third kappa shape index (κ3) is 6.28. The van der Waals surface area contributed by atoms with E-state index >= 15 is 0 Å². The van der Waals surface area contributed by atoms with Gasteiger partial charge in [-0.1, -0.05) is 80.6 Å². The Bertz CT molecular complexity index is 1080. The van der Waals surface area contributed by atoms with E-state index in [4.69, 9.17) is 0 Å². The summed E-state index contributed by atoms with van der Waals surface area (Å²) in [5.41, 5.74) is 3.63. The second kappa shape index (κ2) is 10.9. The first-order valence-electron chi connectivity index (χ1n) is 10.5. The Hall–Kier alpha value is -3.93. The molecule has 0 heterocycles. The topological polar surface area (TPSA) is 87.3 Å². The van der Waals surface area contributed by atoms with Crippen molar-refractivity contribution in [2.45, 2.75) is 32.9 Å². The van der Waals surface area contributed by atoms with Gasteiger partial charge >= 0.3 is 11.8 Å². The summed E-state index contributed by atoms with van der Waals surface area (Å²) < 4.78 is 0. The molecule has 3 amide bonds. The zero-order valence-corrected chi connectivity index (χ0v) is 18.2. The van der Waals surface area contributed by atoms with Gasteiger partial charge in [-0.05, 0) is 34.7 Å². The van der Waals surface area contributed by atoms with Gasteiger partial charge in [-0.3, -0.25) is 14.4 Å². The molecule has 32 heavy (non-hydrogen) atoms. The summed E-state index contributed by atoms with van der Waals surface area (Å²) in [6, 6.07) is 24.0. The Kier molecular flexibility index (Phi) is 7.75. The van der Waals surface area contributed by atoms with Crippen LogP contribution in [0.1, 0.15) is 46.8 Å². The third-order valence-electron chi connectivity index (χ3n) is 5.02. The summed E-state index contributed by atoms with van der Waals surface area (Å²) in [7, 11) is 0. The Labute approximate surface area is 188 Å². The second-order valence-electron chi connectivity index (χ2n) is 7.75. The highest BCUT2D eigenvalue weighted by molar-refractivity contribution is 6.40. The summed E-state index contributed by atoms with van der Waals surface area (Å²) in [4.78, 5) is 37.3. The van der Waals surface area contributed by atoms with Crippen LogP contribution in [0.2, 0.25) is 0 Å². The zero-order chi connectivity index (χ0) is 22.9. The molecule has 164 valence electrons. The Morgan fingerprint density at radius 3 is 1.97 bits per heavy atom. The fraction of sp³-hybridized carbons (Fsp3) is 0.192. The van der Waals surface area contributed by atoms with Crippen LogP contribution in [0.25, 0.3) is 0 Å². The van der Waals surface area contributed by atoms with E-state index in [9.17, 15) is 14.4 Å². The van der Waals surface area contributed by atoms with E-state index in [2.05, 4.69) is 29.8 Å². The first kappa shape index (κ1) is 22.7. The molecule has 6 nitrogen and oxygen atoms in total. The Morgan fingerprint density at radius 1 is 0.688 bits per heavy atom. The molecule has 0 radical (unpaired) electrons. The van der Waals surface area contributed by atoms with Crippen LogP contribution < -0.4 is 16.0 Å². The molecule has 0 saturated heterocycles. The molecule has 3 rings (SSSR count). The number of amides is 3. The van der Waals surface area contributed by atoms with E-state index in [-0.39, 0.29) is 23.7 Å². The first-order valence-corrected chi connectivity index (χ1v) is 10.5. The molecule has 0 atom stereocenters. The lowest BCUT2D eigenvalue weighted by Crippen LogP contribution is -2.35. The van der Waals surface area contributed by atoms with Crippen LogP contribution in [-0.2, 0) is 22.7 Å². The van der Waals surface area contributed by atoms with Gasteiger partial charge in [0.2, 0.25) is 0 Å². The average Bonchev–Trinajstić information content (AvgIpc) is 2.82. The SMILES string of the molecule is CC(C)c1ccc(CNC(=O)C(=O)Nc2ccccc2C(=O)NCc2ccccc2)cc1. The lowest BCUT2D eigenvalue weighted by Gasteiger charge is -2.12. The van der Waals surface area contributed by atoms with Crippen LogP contribution in [0.15, 0.2) is 78.9 Å². The van der Waals surface area contributed by atoms with Crippen molar-refractivity contribution in [2.75, 3.05) is 5.32 Å². The molecule has 0 aliphatic rings. The minimum absolute atomic E-state index is 0.240. The number of nitrogens with one attached hydrogen (secondary N) is 3. The predicted molar refractivity (Wildman–Crippen MR) is 125 cm³/mol. The molecule has 0 aromatic heterocycles. The standard InChI is InChI=1S/C26H27N3O3/c1-18(2)21-14-12-20(13-15-21)17-28-25(31)26(32)29-23-11-7-6-10-22(23)24(30)27-16-19-8-4-3-5-9-19/h3-15,18H,16-17H2,1-2H3,(H,27,30)(H,28,31)(H,29,32). The van der Waals surface area contributed by atoms with Crippen LogP contribution >= 0.6 is 0 Å². The van der Waals surface area contributed by atoms with E-state index in [1.807, 2.05) is 54.6 Å². The summed E-state index contributed by atoms with van der Waals surface area (Å²) >= 11 is 0. The Morgan fingerprint density at radius 2 is 1.28 bits per heavy atom. The molecule has 0 spiro atoms. The molecule has 0 aliphatic carbocycles. The quantitative estimate of drug-likeness (QED) is 0.496. The van der Waals surface area contributed by atoms with Gasteiger partial charge in [0.15, 0.2) is 0 Å². The number of rotatable bonds is 7. The number of hydrogen-bond acceptors (Lipinski definition) is 3. The van der Waals surface area contributed by atoms with Crippen LogP contribution in [-0.4, -0.2) is 17.7 Å². The number of benzene rings is 3. The highest BCUT2D eigenvalue weighted by Gasteiger charge is 2.17. The second-order valence-corrected chi connectivity index (χ2v) is 7.75. The fourth-order valence-corrected chi connectivity index (χ4v) is 3.13. The largest absolute Gasteiger partial charge is 0.348 e. The average molecular weight is 430 g/mol. The maximum atomic E-state index is 12.6. The first-order chi connectivity index (χ1) is 15.4. The number of para-hydroxylation sites is 1. The number of hydrogen-bond donors (Lipinski definition) is 3. The van der Waals surface area contributed by atoms with Crippen LogP contribution in [0.5, 0.6) is 0 Å². The predicted octanol–water partition coefficient (Wildman–Crippen LogP) is 3.99. The van der Waals surface area contributed by atoms with Gasteiger partial charge in [0.05, 0.1) is 11.3 Å². The summed E-state index contributed by atoms with van der Waals surface area (Å²) in [6.07, 6.45) is 0. The normalized spacial score (nSPS) is 10.5. The monoisotopic (exact) mass is 429 g/mol. The molecular weight excluding hydrogens is 402 g/mol. The molecule has 3 aromatic carbocycles. The molecule has 0 fully saturated rings. The van der Waals surface area contributed by atoms with Gasteiger partial charge in [-0.15, -0.1) is 0 Å². The van der Waals surface area contributed by atoms with E-state index < -0.39 is 11.8 Å². The van der Waals surface area contributed by atoms with Crippen molar-refractivity contribution in [1.29, 1.82) is 0 Å². The maximum absolute atomic E-state index is 12.6. The van der Waals surface area contributed by atoms with Gasteiger partial charge in [0.1, 0.15) is 0 Å². The van der Waals surface area contributed by atoms with Gasteiger partial charge < -0.3 is 16.0 Å². The highest BCUT2D eigenvalue weighted by Crippen LogP contribution is 2.16. The molecule has 6 heteroatoms. The number of carbonyl (C=O) groups is 3. The smallest absolute Gasteiger partial charge is 0.313 e. The van der Waals surface area contributed by atoms with Crippen LogP contribution in [0, 0.1) is 0 Å². The minimum atomic E-state index is -0.827. The summed E-state index contributed by atoms with van der Waals surface area (Å²) in [5, 5.41) is 7.98. The van der Waals surface area contributed by atoms with E-state index in [1.165, 1.54) is 5.56 Å². The fourth-order valence-electron chi connectivity index (χ4n) is 3.13. The third-order valence-corrected chi connectivity index (χ3v) is 5.02. The molecule has 0 aliphatic heterocycles. The zero-order valence-electron chi connectivity index (χ0n) is 18.2. The minimum Gasteiger partial charge on any atom is -0.348 e. The van der Waals surface area contributed by atoms with Gasteiger partial charge in [-0.25, -0.2) is 0 Å². The van der Waals surface area contributed by atoms with Crippen molar-refractivity contribution in [3.63, 3.8) is 0 Å². The van der Waals surface area contributed by atoms with Crippen molar-refractivity contribution in [2.24, 2.45) is 0 Å². The van der Waals surface area contributed by atoms with Crippen molar-refractivity contribution < 1.29 is 14.4 Å². The number of carbonyl (C=O) groups excluding carboxylic acids is 3. The van der Waals surface area contributed by atoms with Crippen LogP contribution in [0.4, 0.5) is 5.69 Å². The van der Waals surface area contributed by atoms with E-state index in [0.29, 0.717) is 12.5 Å². The molecule has 0 unspecified atom stereocenters. The molecule has 3 aromatic rings. The van der Waals surface area contributed by atoms with Gasteiger partial charge in [0.25, 0.3) is 5.91 Å². The van der Waals surface area contributed by atoms with Crippen molar-refractivity contribution in [3.8, 4) is 0 Å². The van der Waals surface area contributed by atoms with Crippen molar-refractivity contribution in [3.05, 3.63) is 101 Å². The Balaban J connectivity index is 1.57. The molecule has 3 N–H and O–H groups in total. The van der Waals surface area contributed by atoms with E-state index in [1.54, 1.807) is 24.3 Å². The lowest BCUT2D eigenvalue weighted by atomic mass is 10.0. The summed E-state index contributed by atoms with van der Waals surface area (Å²) in [6.45, 7) is 4.82. The lowest BCUT2D eigenvalue weighted by molar-refractivity contribution is -0.136.